The fourth-order valence-corrected chi connectivity index (χ4v) is 4.83. The van der Waals surface area contributed by atoms with Crippen LogP contribution in [0.1, 0.15) is 25.3 Å². The van der Waals surface area contributed by atoms with Crippen molar-refractivity contribution in [1.29, 1.82) is 0 Å². The van der Waals surface area contributed by atoms with E-state index in [0.29, 0.717) is 27.8 Å². The number of carbonyl (C=O) groups is 1. The van der Waals surface area contributed by atoms with Gasteiger partial charge in [0, 0.05) is 18.8 Å². The second-order valence-corrected chi connectivity index (χ2v) is 8.50. The van der Waals surface area contributed by atoms with E-state index >= 15 is 0 Å². The highest BCUT2D eigenvalue weighted by Crippen LogP contribution is 2.28. The van der Waals surface area contributed by atoms with Crippen LogP contribution >= 0.6 is 11.6 Å². The number of benzene rings is 2. The molecule has 1 atom stereocenters. The molecule has 6 nitrogen and oxygen atoms in total. The average Bonchev–Trinajstić information content (AvgIpc) is 3.32. The van der Waals surface area contributed by atoms with Gasteiger partial charge in [0.1, 0.15) is 0 Å². The number of amides is 1. The predicted octanol–water partition coefficient (Wildman–Crippen LogP) is 2.61. The summed E-state index contributed by atoms with van der Waals surface area (Å²) in [6, 6.07) is 15.6. The lowest BCUT2D eigenvalue weighted by atomic mass is 9.93. The van der Waals surface area contributed by atoms with Gasteiger partial charge in [-0.1, -0.05) is 41.9 Å². The van der Waals surface area contributed by atoms with Crippen LogP contribution in [-0.2, 0) is 11.2 Å². The van der Waals surface area contributed by atoms with E-state index in [1.807, 2.05) is 19.1 Å². The molecule has 31 heavy (non-hydrogen) atoms. The zero-order valence-corrected chi connectivity index (χ0v) is 18.0. The van der Waals surface area contributed by atoms with Crippen molar-refractivity contribution in [1.82, 2.24) is 9.78 Å². The Morgan fingerprint density at radius 1 is 1.10 bits per heavy atom. The lowest BCUT2D eigenvalue weighted by molar-refractivity contribution is -0.120. The maximum Gasteiger partial charge on any atom is 0.280 e. The zero-order chi connectivity index (χ0) is 21.5. The molecule has 1 N–H and O–H groups in total. The number of rotatable bonds is 5. The first-order valence-corrected chi connectivity index (χ1v) is 11.0. The van der Waals surface area contributed by atoms with Crippen molar-refractivity contribution in [3.63, 3.8) is 0 Å². The first kappa shape index (κ1) is 19.8. The first-order valence-electron chi connectivity index (χ1n) is 10.6. The molecule has 3 heterocycles. The molecule has 2 aromatic carbocycles. The summed E-state index contributed by atoms with van der Waals surface area (Å²) in [6.07, 6.45) is 2.59. The molecule has 0 bridgehead atoms. The molecule has 2 aliphatic rings. The smallest absolute Gasteiger partial charge is 0.280 e. The fraction of sp³-hybridized carbons (Fsp3) is 0.292. The molecule has 0 radical (unpaired) electrons. The molecule has 0 saturated carbocycles. The number of para-hydroxylation sites is 2. The zero-order valence-electron chi connectivity index (χ0n) is 17.3. The second-order valence-electron chi connectivity index (χ2n) is 8.09. The third-order valence-electron chi connectivity index (χ3n) is 6.26. The van der Waals surface area contributed by atoms with Gasteiger partial charge in [-0.3, -0.25) is 14.7 Å². The van der Waals surface area contributed by atoms with Crippen LogP contribution in [0.15, 0.2) is 58.3 Å². The lowest BCUT2D eigenvalue weighted by Gasteiger charge is -2.21. The van der Waals surface area contributed by atoms with Crippen LogP contribution in [0.2, 0.25) is 5.02 Å². The number of aromatic nitrogens is 2. The molecule has 3 aromatic rings. The Bertz CT molecular complexity index is 1350. The summed E-state index contributed by atoms with van der Waals surface area (Å²) < 4.78 is 1.39. The van der Waals surface area contributed by atoms with E-state index in [1.165, 1.54) is 15.9 Å². The van der Waals surface area contributed by atoms with Gasteiger partial charge in [-0.05, 0) is 55.5 Å². The van der Waals surface area contributed by atoms with Crippen molar-refractivity contribution in [2.75, 3.05) is 18.0 Å². The van der Waals surface area contributed by atoms with Gasteiger partial charge in [-0.25, -0.2) is 4.68 Å². The SMILES string of the molecule is CC1C(=O)N=c2[nH]n(-c3ccccc3Cl)c(=O)c2=C1CCCN1CCc2ccccc21. The maximum absolute atomic E-state index is 13.3. The van der Waals surface area contributed by atoms with Crippen LogP contribution in [-0.4, -0.2) is 28.8 Å². The Labute approximate surface area is 184 Å². The minimum Gasteiger partial charge on any atom is -0.371 e. The Morgan fingerprint density at radius 3 is 2.65 bits per heavy atom. The number of fused-ring (bicyclic) bond motifs is 2. The highest BCUT2D eigenvalue weighted by molar-refractivity contribution is 6.32. The monoisotopic (exact) mass is 434 g/mol. The van der Waals surface area contributed by atoms with E-state index in [4.69, 9.17) is 11.6 Å². The third-order valence-corrected chi connectivity index (χ3v) is 6.58. The molecule has 1 aromatic heterocycles. The molecule has 0 saturated heterocycles. The number of nitrogens with one attached hydrogen (secondary N) is 1. The van der Waals surface area contributed by atoms with Gasteiger partial charge in [0.25, 0.3) is 11.5 Å². The average molecular weight is 435 g/mol. The fourth-order valence-electron chi connectivity index (χ4n) is 4.61. The third kappa shape index (κ3) is 3.41. The number of carbonyl (C=O) groups excluding carboxylic acids is 1. The highest BCUT2D eigenvalue weighted by Gasteiger charge is 2.26. The molecule has 0 fully saturated rings. The van der Waals surface area contributed by atoms with Crippen molar-refractivity contribution < 1.29 is 4.79 Å². The van der Waals surface area contributed by atoms with Crippen molar-refractivity contribution in [2.45, 2.75) is 26.2 Å². The van der Waals surface area contributed by atoms with Crippen LogP contribution in [0.4, 0.5) is 5.69 Å². The molecular formula is C24H23ClN4O2. The summed E-state index contributed by atoms with van der Waals surface area (Å²) >= 11 is 6.30. The van der Waals surface area contributed by atoms with Crippen molar-refractivity contribution in [3.05, 3.63) is 80.2 Å². The Kier molecular flexibility index (Phi) is 5.02. The minimum absolute atomic E-state index is 0.215. The van der Waals surface area contributed by atoms with Crippen LogP contribution < -0.4 is 21.2 Å². The molecule has 1 amide bonds. The van der Waals surface area contributed by atoms with Crippen molar-refractivity contribution in [2.24, 2.45) is 10.9 Å². The van der Waals surface area contributed by atoms with E-state index in [9.17, 15) is 9.59 Å². The standard InChI is InChI=1S/C24H23ClN4O2/c1-15-17(8-6-13-28-14-12-16-7-2-4-10-19(16)28)21-22(26-23(15)30)27-29(24(21)31)20-11-5-3-9-18(20)25/h2-5,7,9-11,15H,6,8,12-14H2,1H3,(H,26,27,30). The normalized spacial score (nSPS) is 17.5. The summed E-state index contributed by atoms with van der Waals surface area (Å²) in [5.41, 5.74) is 4.19. The van der Waals surface area contributed by atoms with Gasteiger partial charge >= 0.3 is 0 Å². The van der Waals surface area contributed by atoms with E-state index in [1.54, 1.807) is 12.1 Å². The van der Waals surface area contributed by atoms with Crippen LogP contribution in [0.3, 0.4) is 0 Å². The van der Waals surface area contributed by atoms with E-state index in [-0.39, 0.29) is 11.5 Å². The van der Waals surface area contributed by atoms with Gasteiger partial charge in [0.15, 0.2) is 5.49 Å². The lowest BCUT2D eigenvalue weighted by Crippen LogP contribution is -2.43. The van der Waals surface area contributed by atoms with E-state index < -0.39 is 5.92 Å². The quantitative estimate of drug-likeness (QED) is 0.671. The van der Waals surface area contributed by atoms with Gasteiger partial charge < -0.3 is 4.90 Å². The molecule has 7 heteroatoms. The highest BCUT2D eigenvalue weighted by atomic mass is 35.5. The number of hydrogen-bond acceptors (Lipinski definition) is 3. The van der Waals surface area contributed by atoms with Crippen LogP contribution in [0, 0.1) is 5.92 Å². The van der Waals surface area contributed by atoms with E-state index in [2.05, 4.69) is 39.3 Å². The Balaban J connectivity index is 1.48. The molecule has 5 rings (SSSR count). The Hall–Kier alpha value is -3.12. The number of hydrogen-bond donors (Lipinski definition) is 1. The molecule has 0 spiro atoms. The van der Waals surface area contributed by atoms with Gasteiger partial charge in [0.2, 0.25) is 0 Å². The molecular weight excluding hydrogens is 412 g/mol. The topological polar surface area (TPSA) is 70.5 Å². The number of halogens is 1. The molecule has 0 aliphatic carbocycles. The summed E-state index contributed by atoms with van der Waals surface area (Å²) in [6.45, 7) is 3.73. The molecule has 158 valence electrons. The summed E-state index contributed by atoms with van der Waals surface area (Å²) in [7, 11) is 0. The Morgan fingerprint density at radius 2 is 1.84 bits per heavy atom. The van der Waals surface area contributed by atoms with Gasteiger partial charge in [0.05, 0.1) is 21.8 Å². The van der Waals surface area contributed by atoms with Crippen LogP contribution in [0.5, 0.6) is 0 Å². The van der Waals surface area contributed by atoms with Gasteiger partial charge in [-0.2, -0.15) is 4.99 Å². The summed E-state index contributed by atoms with van der Waals surface area (Å²) in [5, 5.41) is 3.95. The summed E-state index contributed by atoms with van der Waals surface area (Å²) in [5.74, 6) is -0.622. The second kappa shape index (κ2) is 7.85. The number of aromatic amines is 1. The molecule has 1 unspecified atom stereocenters. The van der Waals surface area contributed by atoms with Gasteiger partial charge in [-0.15, -0.1) is 0 Å². The van der Waals surface area contributed by atoms with Crippen molar-refractivity contribution >= 4 is 28.8 Å². The summed E-state index contributed by atoms with van der Waals surface area (Å²) in [4.78, 5) is 32.3. The predicted molar refractivity (Wildman–Crippen MR) is 121 cm³/mol. The largest absolute Gasteiger partial charge is 0.371 e. The minimum atomic E-state index is -0.401. The van der Waals surface area contributed by atoms with Crippen molar-refractivity contribution in [3.8, 4) is 5.69 Å². The number of nitrogens with zero attached hydrogens (tertiary/aromatic N) is 3. The van der Waals surface area contributed by atoms with Crippen LogP contribution in [0.25, 0.3) is 11.3 Å². The first-order chi connectivity index (χ1) is 15.0. The molecule has 2 aliphatic heterocycles. The number of H-pyrrole nitrogens is 1. The maximum atomic E-state index is 13.3. The van der Waals surface area contributed by atoms with E-state index in [0.717, 1.165) is 31.5 Å². The number of anilines is 1.